The molecular weight excluding hydrogens is 166 g/mol. The van der Waals surface area contributed by atoms with Gasteiger partial charge in [-0.1, -0.05) is 6.42 Å². The van der Waals surface area contributed by atoms with E-state index in [1.807, 2.05) is 0 Å². The molecule has 1 nitrogen and oxygen atoms in total. The molecule has 68 valence electrons. The van der Waals surface area contributed by atoms with Crippen molar-refractivity contribution in [2.45, 2.75) is 32.1 Å². The van der Waals surface area contributed by atoms with Gasteiger partial charge in [-0.05, 0) is 25.7 Å². The lowest BCUT2D eigenvalue weighted by molar-refractivity contribution is 0.418. The highest BCUT2D eigenvalue weighted by Crippen LogP contribution is 2.35. The maximum Gasteiger partial charge on any atom is 0.0266 e. The van der Waals surface area contributed by atoms with Crippen LogP contribution in [0.25, 0.3) is 0 Å². The van der Waals surface area contributed by atoms with E-state index < -0.39 is 0 Å². The average molecular weight is 183 g/mol. The van der Waals surface area contributed by atoms with Crippen LogP contribution in [0.2, 0.25) is 0 Å². The number of rotatable bonds is 0. The first kappa shape index (κ1) is 8.49. The second-order valence-electron chi connectivity index (χ2n) is 3.70. The van der Waals surface area contributed by atoms with Gasteiger partial charge in [-0.3, -0.25) is 0 Å². The maximum atomic E-state index is 2.47. The van der Waals surface area contributed by atoms with Gasteiger partial charge in [0.1, 0.15) is 0 Å². The Labute approximate surface area is 79.2 Å². The lowest BCUT2D eigenvalue weighted by atomic mass is 10.2. The third kappa shape index (κ3) is 1.63. The van der Waals surface area contributed by atoms with Crippen molar-refractivity contribution in [1.29, 1.82) is 0 Å². The van der Waals surface area contributed by atoms with Crippen molar-refractivity contribution < 1.29 is 0 Å². The van der Waals surface area contributed by atoms with Gasteiger partial charge in [-0.25, -0.2) is 0 Å². The summed E-state index contributed by atoms with van der Waals surface area (Å²) in [5.74, 6) is 1.30. The van der Waals surface area contributed by atoms with Gasteiger partial charge in [-0.2, -0.15) is 0 Å². The molecule has 0 N–H and O–H groups in total. The molecule has 0 aromatic heterocycles. The summed E-state index contributed by atoms with van der Waals surface area (Å²) in [5.41, 5.74) is 1.66. The minimum atomic E-state index is 1.25. The molecule has 0 radical (unpaired) electrons. The summed E-state index contributed by atoms with van der Waals surface area (Å²) >= 11 is 2.10. The van der Waals surface area contributed by atoms with Gasteiger partial charge in [0.25, 0.3) is 0 Å². The van der Waals surface area contributed by atoms with Crippen molar-refractivity contribution in [3.63, 3.8) is 0 Å². The van der Waals surface area contributed by atoms with Crippen molar-refractivity contribution >= 4 is 11.8 Å². The Morgan fingerprint density at radius 1 is 1.17 bits per heavy atom. The molecule has 2 heteroatoms. The predicted molar refractivity (Wildman–Crippen MR) is 55.2 cm³/mol. The molecular formula is C10H17NS. The summed E-state index contributed by atoms with van der Waals surface area (Å²) < 4.78 is 0. The van der Waals surface area contributed by atoms with Gasteiger partial charge in [0.15, 0.2) is 0 Å². The normalized spacial score (nSPS) is 25.2. The molecule has 1 heterocycles. The Balaban J connectivity index is 2.17. The van der Waals surface area contributed by atoms with Crippen LogP contribution in [0.15, 0.2) is 10.6 Å². The van der Waals surface area contributed by atoms with E-state index in [-0.39, 0.29) is 0 Å². The molecule has 0 saturated heterocycles. The average Bonchev–Trinajstić information content (AvgIpc) is 2.30. The summed E-state index contributed by atoms with van der Waals surface area (Å²) in [5, 5.41) is 0. The zero-order valence-corrected chi connectivity index (χ0v) is 8.62. The fourth-order valence-electron chi connectivity index (χ4n) is 2.04. The van der Waals surface area contributed by atoms with Gasteiger partial charge in [0.05, 0.1) is 0 Å². The minimum absolute atomic E-state index is 1.25. The van der Waals surface area contributed by atoms with Gasteiger partial charge >= 0.3 is 0 Å². The molecule has 0 amide bonds. The quantitative estimate of drug-likeness (QED) is 0.568. The van der Waals surface area contributed by atoms with E-state index in [2.05, 4.69) is 23.7 Å². The number of hydrogen-bond acceptors (Lipinski definition) is 2. The maximum absolute atomic E-state index is 2.47. The van der Waals surface area contributed by atoms with Crippen LogP contribution in [0, 0.1) is 0 Å². The van der Waals surface area contributed by atoms with Crippen LogP contribution in [0.3, 0.4) is 0 Å². The van der Waals surface area contributed by atoms with Gasteiger partial charge in [0.2, 0.25) is 0 Å². The molecule has 2 rings (SSSR count). The second kappa shape index (κ2) is 3.73. The number of hydrogen-bond donors (Lipinski definition) is 0. The first-order chi connectivity index (χ1) is 5.88. The van der Waals surface area contributed by atoms with Gasteiger partial charge in [0, 0.05) is 29.9 Å². The first-order valence-electron chi connectivity index (χ1n) is 4.94. The smallest absolute Gasteiger partial charge is 0.0266 e. The summed E-state index contributed by atoms with van der Waals surface area (Å²) in [7, 11) is 2.25. The molecule has 0 aromatic carbocycles. The van der Waals surface area contributed by atoms with Crippen LogP contribution in [0.1, 0.15) is 32.1 Å². The van der Waals surface area contributed by atoms with Gasteiger partial charge < -0.3 is 4.90 Å². The molecule has 0 fully saturated rings. The predicted octanol–water partition coefficient (Wildman–Crippen LogP) is 2.84. The summed E-state index contributed by atoms with van der Waals surface area (Å²) in [6, 6.07) is 0. The highest BCUT2D eigenvalue weighted by atomic mass is 32.2. The number of nitrogens with zero attached hydrogens (tertiary/aromatic N) is 1. The molecule has 0 saturated carbocycles. The van der Waals surface area contributed by atoms with Crippen LogP contribution in [0.4, 0.5) is 0 Å². The van der Waals surface area contributed by atoms with Gasteiger partial charge in [-0.15, -0.1) is 11.8 Å². The molecule has 0 unspecified atom stereocenters. The fourth-order valence-corrected chi connectivity index (χ4v) is 3.36. The number of thioether (sulfide) groups is 1. The number of allylic oxidation sites excluding steroid dienone is 2. The van der Waals surface area contributed by atoms with Crippen LogP contribution < -0.4 is 0 Å². The molecule has 0 spiro atoms. The van der Waals surface area contributed by atoms with E-state index in [1.54, 1.807) is 10.6 Å². The van der Waals surface area contributed by atoms with E-state index in [0.717, 1.165) is 0 Å². The molecule has 0 aromatic rings. The Kier molecular flexibility index (Phi) is 2.64. The summed E-state index contributed by atoms with van der Waals surface area (Å²) in [6.07, 6.45) is 6.94. The minimum Gasteiger partial charge on any atom is -0.376 e. The molecule has 0 atom stereocenters. The van der Waals surface area contributed by atoms with Crippen LogP contribution in [-0.4, -0.2) is 24.2 Å². The van der Waals surface area contributed by atoms with E-state index >= 15 is 0 Å². The van der Waals surface area contributed by atoms with E-state index in [9.17, 15) is 0 Å². The largest absolute Gasteiger partial charge is 0.376 e. The van der Waals surface area contributed by atoms with E-state index in [4.69, 9.17) is 0 Å². The van der Waals surface area contributed by atoms with E-state index in [0.29, 0.717) is 0 Å². The SMILES string of the molecule is CN1CCSC2=C1CCCCC2. The Morgan fingerprint density at radius 3 is 2.92 bits per heavy atom. The Hall–Kier alpha value is -0.110. The lowest BCUT2D eigenvalue weighted by Crippen LogP contribution is -2.25. The highest BCUT2D eigenvalue weighted by molar-refractivity contribution is 8.03. The van der Waals surface area contributed by atoms with Crippen molar-refractivity contribution in [1.82, 2.24) is 4.90 Å². The van der Waals surface area contributed by atoms with Crippen LogP contribution >= 0.6 is 11.8 Å². The van der Waals surface area contributed by atoms with Crippen molar-refractivity contribution in [2.75, 3.05) is 19.3 Å². The zero-order valence-electron chi connectivity index (χ0n) is 7.81. The van der Waals surface area contributed by atoms with Crippen molar-refractivity contribution in [3.05, 3.63) is 10.6 Å². The lowest BCUT2D eigenvalue weighted by Gasteiger charge is -2.29. The molecule has 12 heavy (non-hydrogen) atoms. The van der Waals surface area contributed by atoms with Crippen LogP contribution in [-0.2, 0) is 0 Å². The molecule has 0 bridgehead atoms. The zero-order chi connectivity index (χ0) is 8.39. The monoisotopic (exact) mass is 183 g/mol. The van der Waals surface area contributed by atoms with Crippen LogP contribution in [0.5, 0.6) is 0 Å². The standard InChI is InChI=1S/C10H17NS/c1-11-7-8-12-10-6-4-2-3-5-9(10)11/h2-8H2,1H3. The van der Waals surface area contributed by atoms with Crippen molar-refractivity contribution in [2.24, 2.45) is 0 Å². The summed E-state index contributed by atoms with van der Waals surface area (Å²) in [6.45, 7) is 1.25. The highest BCUT2D eigenvalue weighted by Gasteiger charge is 2.18. The molecule has 1 aliphatic heterocycles. The van der Waals surface area contributed by atoms with Crippen molar-refractivity contribution in [3.8, 4) is 0 Å². The third-order valence-corrected chi connectivity index (χ3v) is 3.98. The Morgan fingerprint density at radius 2 is 2.00 bits per heavy atom. The first-order valence-corrected chi connectivity index (χ1v) is 5.92. The fraction of sp³-hybridized carbons (Fsp3) is 0.800. The molecule has 2 aliphatic rings. The third-order valence-electron chi connectivity index (χ3n) is 2.80. The summed E-state index contributed by atoms with van der Waals surface area (Å²) in [4.78, 5) is 4.16. The second-order valence-corrected chi connectivity index (χ2v) is 4.89. The Bertz CT molecular complexity index is 198. The molecule has 1 aliphatic carbocycles. The van der Waals surface area contributed by atoms with E-state index in [1.165, 1.54) is 44.4 Å². The topological polar surface area (TPSA) is 3.24 Å².